The van der Waals surface area contributed by atoms with Crippen molar-refractivity contribution in [2.45, 2.75) is 26.2 Å². The van der Waals surface area contributed by atoms with Crippen LogP contribution < -0.4 is 10.2 Å². The van der Waals surface area contributed by atoms with Crippen LogP contribution in [0.25, 0.3) is 5.69 Å². The lowest BCUT2D eigenvalue weighted by atomic mass is 10.1. The minimum absolute atomic E-state index is 0.139. The van der Waals surface area contributed by atoms with Crippen LogP contribution in [0.2, 0.25) is 0 Å². The van der Waals surface area contributed by atoms with Crippen molar-refractivity contribution in [3.05, 3.63) is 71.0 Å². The summed E-state index contributed by atoms with van der Waals surface area (Å²) in [4.78, 5) is 15.5. The standard InChI is InChI=1S/C24H26N4O2/c1-17-9-11-18(12-10-17)28-21-8-4-5-19(21)23(26-28)24(29)25-20-6-2-3-7-22(20)27-13-15-30-16-14-27/h2-3,6-7,9-12H,4-5,8,13-16H2,1H3,(H,25,29). The summed E-state index contributed by atoms with van der Waals surface area (Å²) in [6, 6.07) is 16.3. The molecule has 0 spiro atoms. The molecule has 1 saturated heterocycles. The summed E-state index contributed by atoms with van der Waals surface area (Å²) < 4.78 is 7.42. The van der Waals surface area contributed by atoms with Gasteiger partial charge < -0.3 is 15.0 Å². The number of morpholine rings is 1. The smallest absolute Gasteiger partial charge is 0.276 e. The number of aryl methyl sites for hydroxylation is 1. The number of para-hydroxylation sites is 2. The number of fused-ring (bicyclic) bond motifs is 1. The Kier molecular flexibility index (Phi) is 5.01. The van der Waals surface area contributed by atoms with Crippen molar-refractivity contribution in [1.82, 2.24) is 9.78 Å². The molecule has 2 aliphatic rings. The highest BCUT2D eigenvalue weighted by Gasteiger charge is 2.27. The van der Waals surface area contributed by atoms with Crippen molar-refractivity contribution in [2.24, 2.45) is 0 Å². The third-order valence-electron chi connectivity index (χ3n) is 5.93. The molecule has 2 aromatic carbocycles. The summed E-state index contributed by atoms with van der Waals surface area (Å²) in [5.41, 5.74) is 6.85. The van der Waals surface area contributed by atoms with Gasteiger partial charge in [-0.15, -0.1) is 0 Å². The van der Waals surface area contributed by atoms with E-state index < -0.39 is 0 Å². The molecule has 1 amide bonds. The van der Waals surface area contributed by atoms with E-state index in [0.29, 0.717) is 18.9 Å². The number of hydrogen-bond donors (Lipinski definition) is 1. The molecule has 30 heavy (non-hydrogen) atoms. The molecule has 1 fully saturated rings. The second-order valence-corrected chi connectivity index (χ2v) is 7.95. The van der Waals surface area contributed by atoms with Gasteiger partial charge in [-0.05, 0) is 50.5 Å². The van der Waals surface area contributed by atoms with Crippen LogP contribution in [0.4, 0.5) is 11.4 Å². The molecule has 154 valence electrons. The molecule has 0 atom stereocenters. The Morgan fingerprint density at radius 3 is 2.60 bits per heavy atom. The first-order valence-corrected chi connectivity index (χ1v) is 10.6. The molecule has 0 unspecified atom stereocenters. The van der Waals surface area contributed by atoms with Crippen LogP contribution in [0.5, 0.6) is 0 Å². The number of amides is 1. The third kappa shape index (κ3) is 3.48. The van der Waals surface area contributed by atoms with E-state index in [-0.39, 0.29) is 5.91 Å². The van der Waals surface area contributed by atoms with Gasteiger partial charge >= 0.3 is 0 Å². The lowest BCUT2D eigenvalue weighted by molar-refractivity contribution is 0.102. The first-order valence-electron chi connectivity index (χ1n) is 10.6. The maximum atomic E-state index is 13.3. The van der Waals surface area contributed by atoms with Gasteiger partial charge in [0.1, 0.15) is 0 Å². The summed E-state index contributed by atoms with van der Waals surface area (Å²) >= 11 is 0. The van der Waals surface area contributed by atoms with E-state index in [0.717, 1.165) is 60.7 Å². The molecule has 0 saturated carbocycles. The average molecular weight is 402 g/mol. The summed E-state index contributed by atoms with van der Waals surface area (Å²) in [6.07, 6.45) is 2.91. The molecule has 0 bridgehead atoms. The zero-order chi connectivity index (χ0) is 20.5. The van der Waals surface area contributed by atoms with Crippen LogP contribution in [-0.4, -0.2) is 42.0 Å². The second kappa shape index (κ2) is 7.95. The number of benzene rings is 2. The molecule has 3 aromatic rings. The Morgan fingerprint density at radius 1 is 1.03 bits per heavy atom. The Balaban J connectivity index is 1.45. The monoisotopic (exact) mass is 402 g/mol. The number of anilines is 2. The van der Waals surface area contributed by atoms with Gasteiger partial charge in [0.25, 0.3) is 5.91 Å². The highest BCUT2D eigenvalue weighted by Crippen LogP contribution is 2.30. The van der Waals surface area contributed by atoms with Crippen molar-refractivity contribution in [2.75, 3.05) is 36.5 Å². The van der Waals surface area contributed by atoms with E-state index in [1.54, 1.807) is 0 Å². The molecule has 1 N–H and O–H groups in total. The van der Waals surface area contributed by atoms with Crippen molar-refractivity contribution in [3.8, 4) is 5.69 Å². The van der Waals surface area contributed by atoms with Gasteiger partial charge in [0.15, 0.2) is 5.69 Å². The fourth-order valence-corrected chi connectivity index (χ4v) is 4.36. The molecule has 0 radical (unpaired) electrons. The molecular formula is C24H26N4O2. The minimum Gasteiger partial charge on any atom is -0.378 e. The molecule has 1 aliphatic carbocycles. The summed E-state index contributed by atoms with van der Waals surface area (Å²) in [5.74, 6) is -0.139. The normalized spacial score (nSPS) is 15.8. The van der Waals surface area contributed by atoms with Crippen LogP contribution in [0.1, 0.15) is 33.7 Å². The predicted molar refractivity (Wildman–Crippen MR) is 118 cm³/mol. The summed E-state index contributed by atoms with van der Waals surface area (Å²) in [5, 5.41) is 7.87. The van der Waals surface area contributed by atoms with Gasteiger partial charge in [0, 0.05) is 24.3 Å². The lowest BCUT2D eigenvalue weighted by Crippen LogP contribution is -2.36. The van der Waals surface area contributed by atoms with E-state index >= 15 is 0 Å². The first kappa shape index (κ1) is 18.9. The van der Waals surface area contributed by atoms with E-state index in [1.165, 1.54) is 5.56 Å². The first-order chi connectivity index (χ1) is 14.7. The highest BCUT2D eigenvalue weighted by atomic mass is 16.5. The highest BCUT2D eigenvalue weighted by molar-refractivity contribution is 6.06. The van der Waals surface area contributed by atoms with Crippen LogP contribution in [-0.2, 0) is 17.6 Å². The molecule has 5 rings (SSSR count). The van der Waals surface area contributed by atoms with Crippen molar-refractivity contribution >= 4 is 17.3 Å². The van der Waals surface area contributed by atoms with Crippen molar-refractivity contribution < 1.29 is 9.53 Å². The zero-order valence-corrected chi connectivity index (χ0v) is 17.2. The fourth-order valence-electron chi connectivity index (χ4n) is 4.36. The number of nitrogens with one attached hydrogen (secondary N) is 1. The molecule has 6 nitrogen and oxygen atoms in total. The third-order valence-corrected chi connectivity index (χ3v) is 5.93. The van der Waals surface area contributed by atoms with Gasteiger partial charge in [0.05, 0.1) is 30.3 Å². The minimum atomic E-state index is -0.139. The Bertz CT molecular complexity index is 1070. The van der Waals surface area contributed by atoms with Gasteiger partial charge in [-0.1, -0.05) is 29.8 Å². The number of carbonyl (C=O) groups excluding carboxylic acids is 1. The number of carbonyl (C=O) groups is 1. The largest absolute Gasteiger partial charge is 0.378 e. The fraction of sp³-hybridized carbons (Fsp3) is 0.333. The van der Waals surface area contributed by atoms with E-state index in [9.17, 15) is 4.79 Å². The van der Waals surface area contributed by atoms with Crippen molar-refractivity contribution in [3.63, 3.8) is 0 Å². The van der Waals surface area contributed by atoms with E-state index in [4.69, 9.17) is 9.84 Å². The SMILES string of the molecule is Cc1ccc(-n2nc(C(=O)Nc3ccccc3N3CCOCC3)c3c2CCC3)cc1. The number of rotatable bonds is 4. The molecule has 2 heterocycles. The zero-order valence-electron chi connectivity index (χ0n) is 17.2. The van der Waals surface area contributed by atoms with Crippen molar-refractivity contribution in [1.29, 1.82) is 0 Å². The number of ether oxygens (including phenoxy) is 1. The topological polar surface area (TPSA) is 59.4 Å². The van der Waals surface area contributed by atoms with Crippen LogP contribution in [0.15, 0.2) is 48.5 Å². The number of hydrogen-bond acceptors (Lipinski definition) is 4. The van der Waals surface area contributed by atoms with Gasteiger partial charge in [-0.3, -0.25) is 4.79 Å². The van der Waals surface area contributed by atoms with Crippen LogP contribution in [0, 0.1) is 6.92 Å². The second-order valence-electron chi connectivity index (χ2n) is 7.95. The Hall–Kier alpha value is -3.12. The van der Waals surface area contributed by atoms with Crippen LogP contribution in [0.3, 0.4) is 0 Å². The molecule has 1 aromatic heterocycles. The molecular weight excluding hydrogens is 376 g/mol. The average Bonchev–Trinajstić information content (AvgIpc) is 3.38. The van der Waals surface area contributed by atoms with E-state index in [1.807, 2.05) is 22.9 Å². The maximum Gasteiger partial charge on any atom is 0.276 e. The predicted octanol–water partition coefficient (Wildman–Crippen LogP) is 3.76. The maximum absolute atomic E-state index is 13.3. The molecule has 1 aliphatic heterocycles. The number of aromatic nitrogens is 2. The molecule has 6 heteroatoms. The summed E-state index contributed by atoms with van der Waals surface area (Å²) in [7, 11) is 0. The Labute approximate surface area is 176 Å². The summed E-state index contributed by atoms with van der Waals surface area (Å²) in [6.45, 7) is 5.13. The lowest BCUT2D eigenvalue weighted by Gasteiger charge is -2.30. The number of nitrogens with zero attached hydrogens (tertiary/aromatic N) is 3. The Morgan fingerprint density at radius 2 is 1.80 bits per heavy atom. The van der Waals surface area contributed by atoms with Gasteiger partial charge in [-0.2, -0.15) is 5.10 Å². The van der Waals surface area contributed by atoms with Gasteiger partial charge in [0.2, 0.25) is 0 Å². The van der Waals surface area contributed by atoms with Gasteiger partial charge in [-0.25, -0.2) is 4.68 Å². The quantitative estimate of drug-likeness (QED) is 0.722. The van der Waals surface area contributed by atoms with E-state index in [2.05, 4.69) is 47.5 Å². The van der Waals surface area contributed by atoms with Crippen LogP contribution >= 0.6 is 0 Å².